The molecule has 1 heterocycles. The molecule has 3 heteroatoms. The van der Waals surface area contributed by atoms with E-state index in [4.69, 9.17) is 4.74 Å². The van der Waals surface area contributed by atoms with E-state index in [1.165, 1.54) is 6.07 Å². The van der Waals surface area contributed by atoms with E-state index in [0.717, 1.165) is 0 Å². The number of Topliss-reactive ketones (excluding diaryl/α,β-unsaturated/α-hetero) is 1. The summed E-state index contributed by atoms with van der Waals surface area (Å²) in [5, 5.41) is 0. The number of fused-ring (bicyclic) bond motifs is 1. The summed E-state index contributed by atoms with van der Waals surface area (Å²) in [6.07, 6.45) is 0.344. The molecule has 0 radical (unpaired) electrons. The van der Waals surface area contributed by atoms with Crippen molar-refractivity contribution in [2.24, 2.45) is 0 Å². The van der Waals surface area contributed by atoms with Gasteiger partial charge >= 0.3 is 0 Å². The van der Waals surface area contributed by atoms with Crippen LogP contribution in [-0.2, 0) is 11.3 Å². The van der Waals surface area contributed by atoms with Gasteiger partial charge in [0.05, 0.1) is 13.2 Å². The molecule has 0 saturated carbocycles. The first-order valence-electron chi connectivity index (χ1n) is 4.17. The Morgan fingerprint density at radius 3 is 3.08 bits per heavy atom. The lowest BCUT2D eigenvalue weighted by Gasteiger charge is -2.03. The molecular formula is C10H9FO2. The first kappa shape index (κ1) is 8.38. The van der Waals surface area contributed by atoms with E-state index in [1.54, 1.807) is 12.1 Å². The maximum atomic E-state index is 13.2. The van der Waals surface area contributed by atoms with Gasteiger partial charge in [0.15, 0.2) is 5.78 Å². The number of hydrogen-bond acceptors (Lipinski definition) is 2. The van der Waals surface area contributed by atoms with E-state index in [0.29, 0.717) is 24.2 Å². The van der Waals surface area contributed by atoms with E-state index >= 15 is 0 Å². The molecule has 1 aliphatic rings. The zero-order valence-corrected chi connectivity index (χ0v) is 7.05. The van der Waals surface area contributed by atoms with Crippen LogP contribution in [0.1, 0.15) is 22.3 Å². The molecule has 0 saturated heterocycles. The van der Waals surface area contributed by atoms with E-state index in [2.05, 4.69) is 0 Å². The molecule has 2 rings (SSSR count). The van der Waals surface area contributed by atoms with Crippen LogP contribution in [0.3, 0.4) is 0 Å². The highest BCUT2D eigenvalue weighted by Gasteiger charge is 2.17. The van der Waals surface area contributed by atoms with Crippen molar-refractivity contribution >= 4 is 5.78 Å². The van der Waals surface area contributed by atoms with Crippen LogP contribution in [0.4, 0.5) is 4.39 Å². The van der Waals surface area contributed by atoms with E-state index in [-0.39, 0.29) is 18.2 Å². The molecule has 68 valence electrons. The van der Waals surface area contributed by atoms with Gasteiger partial charge in [0.25, 0.3) is 0 Å². The minimum absolute atomic E-state index is 0.0352. The molecule has 13 heavy (non-hydrogen) atoms. The van der Waals surface area contributed by atoms with Crippen molar-refractivity contribution in [2.45, 2.75) is 13.0 Å². The van der Waals surface area contributed by atoms with Gasteiger partial charge in [-0.05, 0) is 6.07 Å². The third-order valence-electron chi connectivity index (χ3n) is 2.14. The summed E-state index contributed by atoms with van der Waals surface area (Å²) in [4.78, 5) is 11.4. The van der Waals surface area contributed by atoms with Crippen molar-refractivity contribution in [2.75, 3.05) is 6.61 Å². The van der Waals surface area contributed by atoms with Crippen molar-refractivity contribution in [1.82, 2.24) is 0 Å². The highest BCUT2D eigenvalue weighted by molar-refractivity contribution is 5.97. The van der Waals surface area contributed by atoms with Crippen molar-refractivity contribution in [3.05, 3.63) is 35.1 Å². The first-order chi connectivity index (χ1) is 6.29. The number of hydrogen-bond donors (Lipinski definition) is 0. The van der Waals surface area contributed by atoms with Crippen LogP contribution in [0.2, 0.25) is 0 Å². The number of ketones is 1. The second kappa shape index (κ2) is 3.26. The van der Waals surface area contributed by atoms with Gasteiger partial charge in [0.1, 0.15) is 5.82 Å². The fourth-order valence-electron chi connectivity index (χ4n) is 1.44. The van der Waals surface area contributed by atoms with Crippen molar-refractivity contribution in [1.29, 1.82) is 0 Å². The Hall–Kier alpha value is -1.22. The van der Waals surface area contributed by atoms with Crippen LogP contribution in [-0.4, -0.2) is 12.4 Å². The highest BCUT2D eigenvalue weighted by atomic mass is 19.1. The molecule has 0 fully saturated rings. The van der Waals surface area contributed by atoms with Crippen LogP contribution >= 0.6 is 0 Å². The predicted octanol–water partition coefficient (Wildman–Crippen LogP) is 1.93. The van der Waals surface area contributed by atoms with Crippen LogP contribution in [0.15, 0.2) is 18.2 Å². The average molecular weight is 180 g/mol. The van der Waals surface area contributed by atoms with E-state index in [9.17, 15) is 9.18 Å². The Kier molecular flexibility index (Phi) is 2.10. The van der Waals surface area contributed by atoms with E-state index < -0.39 is 0 Å². The maximum Gasteiger partial charge on any atom is 0.165 e. The molecular weight excluding hydrogens is 171 g/mol. The quantitative estimate of drug-likeness (QED) is 0.609. The van der Waals surface area contributed by atoms with Gasteiger partial charge < -0.3 is 4.74 Å². The Morgan fingerprint density at radius 1 is 1.38 bits per heavy atom. The van der Waals surface area contributed by atoms with Gasteiger partial charge in [-0.25, -0.2) is 4.39 Å². The summed E-state index contributed by atoms with van der Waals surface area (Å²) in [6, 6.07) is 4.55. The lowest BCUT2D eigenvalue weighted by molar-refractivity contribution is 0.0897. The minimum Gasteiger partial charge on any atom is -0.376 e. The second-order valence-electron chi connectivity index (χ2n) is 2.99. The van der Waals surface area contributed by atoms with Crippen molar-refractivity contribution in [3.63, 3.8) is 0 Å². The molecule has 2 nitrogen and oxygen atoms in total. The molecule has 1 aromatic rings. The first-order valence-corrected chi connectivity index (χ1v) is 4.17. The molecule has 0 spiro atoms. The molecule has 0 aliphatic carbocycles. The summed E-state index contributed by atoms with van der Waals surface area (Å²) in [6.45, 7) is 0.584. The van der Waals surface area contributed by atoms with Crippen molar-refractivity contribution < 1.29 is 13.9 Å². The lowest BCUT2D eigenvalue weighted by atomic mass is 10.0. The summed E-state index contributed by atoms with van der Waals surface area (Å²) < 4.78 is 18.3. The monoisotopic (exact) mass is 180 g/mol. The zero-order valence-electron chi connectivity index (χ0n) is 7.05. The number of rotatable bonds is 0. The zero-order chi connectivity index (χ0) is 9.26. The molecule has 0 atom stereocenters. The molecule has 0 bridgehead atoms. The van der Waals surface area contributed by atoms with Crippen LogP contribution in [0, 0.1) is 5.82 Å². The largest absolute Gasteiger partial charge is 0.376 e. The average Bonchev–Trinajstić information content (AvgIpc) is 2.30. The molecule has 1 aromatic carbocycles. The Morgan fingerprint density at radius 2 is 2.23 bits per heavy atom. The third-order valence-corrected chi connectivity index (χ3v) is 2.14. The summed E-state index contributed by atoms with van der Waals surface area (Å²) >= 11 is 0. The SMILES string of the molecule is O=C1CCOCc2c(F)cccc21. The highest BCUT2D eigenvalue weighted by Crippen LogP contribution is 2.19. The smallest absolute Gasteiger partial charge is 0.165 e. The van der Waals surface area contributed by atoms with Crippen LogP contribution in [0.5, 0.6) is 0 Å². The molecule has 0 unspecified atom stereocenters. The fourth-order valence-corrected chi connectivity index (χ4v) is 1.44. The number of ether oxygens (including phenoxy) is 1. The standard InChI is InChI=1S/C10H9FO2/c11-9-3-1-2-7-8(9)6-13-5-4-10(7)12/h1-3H,4-6H2. The number of benzene rings is 1. The maximum absolute atomic E-state index is 13.2. The Balaban J connectivity index is 2.54. The van der Waals surface area contributed by atoms with Crippen LogP contribution in [0.25, 0.3) is 0 Å². The molecule has 0 N–H and O–H groups in total. The number of carbonyl (C=O) groups excluding carboxylic acids is 1. The Labute approximate surface area is 75.3 Å². The van der Waals surface area contributed by atoms with Gasteiger partial charge in [-0.15, -0.1) is 0 Å². The van der Waals surface area contributed by atoms with Gasteiger partial charge in [0.2, 0.25) is 0 Å². The van der Waals surface area contributed by atoms with Gasteiger partial charge in [0, 0.05) is 17.5 Å². The molecule has 1 aliphatic heterocycles. The molecule has 0 aromatic heterocycles. The van der Waals surface area contributed by atoms with Crippen LogP contribution < -0.4 is 0 Å². The minimum atomic E-state index is -0.354. The number of carbonyl (C=O) groups is 1. The van der Waals surface area contributed by atoms with E-state index in [1.807, 2.05) is 0 Å². The normalized spacial score (nSPS) is 16.5. The summed E-state index contributed by atoms with van der Waals surface area (Å²) in [5.74, 6) is -0.389. The lowest BCUT2D eigenvalue weighted by Crippen LogP contribution is -2.02. The van der Waals surface area contributed by atoms with Crippen molar-refractivity contribution in [3.8, 4) is 0 Å². The fraction of sp³-hybridized carbons (Fsp3) is 0.300. The third kappa shape index (κ3) is 1.47. The summed E-state index contributed by atoms with van der Waals surface area (Å²) in [7, 11) is 0. The Bertz CT molecular complexity index is 347. The summed E-state index contributed by atoms with van der Waals surface area (Å²) in [5.41, 5.74) is 0.863. The van der Waals surface area contributed by atoms with Gasteiger partial charge in [-0.3, -0.25) is 4.79 Å². The predicted molar refractivity (Wildman–Crippen MR) is 45.0 cm³/mol. The van der Waals surface area contributed by atoms with Gasteiger partial charge in [-0.2, -0.15) is 0 Å². The second-order valence-corrected chi connectivity index (χ2v) is 2.99. The topological polar surface area (TPSA) is 26.3 Å². The number of halogens is 1. The van der Waals surface area contributed by atoms with Gasteiger partial charge in [-0.1, -0.05) is 12.1 Å². The molecule has 0 amide bonds.